The number of rotatable bonds is 3. The molecule has 2 aromatic rings. The quantitative estimate of drug-likeness (QED) is 0.800. The number of aromatic nitrogens is 1. The van der Waals surface area contributed by atoms with Crippen molar-refractivity contribution in [3.05, 3.63) is 63.6 Å². The summed E-state index contributed by atoms with van der Waals surface area (Å²) in [7, 11) is 0. The molecule has 108 valence electrons. The number of hydrogen-bond acceptors (Lipinski definition) is 3. The third-order valence-corrected chi connectivity index (χ3v) is 2.60. The van der Waals surface area contributed by atoms with Crippen LogP contribution in [0.25, 0.3) is 0 Å². The van der Waals surface area contributed by atoms with Crippen molar-refractivity contribution in [3.8, 4) is 0 Å². The molecule has 2 rings (SSSR count). The second kappa shape index (κ2) is 5.53. The summed E-state index contributed by atoms with van der Waals surface area (Å²) >= 11 is 0. The molecular formula is C13H8F2N2O4. The molecule has 3 N–H and O–H groups in total. The molecule has 1 amide bonds. The minimum Gasteiger partial charge on any atom is -0.478 e. The van der Waals surface area contributed by atoms with Gasteiger partial charge in [0.1, 0.15) is 17.2 Å². The largest absolute Gasteiger partial charge is 0.478 e. The van der Waals surface area contributed by atoms with Gasteiger partial charge in [0.05, 0.1) is 11.3 Å². The number of carbonyl (C=O) groups is 2. The average Bonchev–Trinajstić information content (AvgIpc) is 2.41. The molecule has 0 aliphatic heterocycles. The van der Waals surface area contributed by atoms with Crippen LogP contribution in [0.3, 0.4) is 0 Å². The summed E-state index contributed by atoms with van der Waals surface area (Å²) in [5, 5.41) is 10.8. The lowest BCUT2D eigenvalue weighted by atomic mass is 10.1. The molecule has 8 heteroatoms. The molecule has 0 bridgehead atoms. The zero-order valence-electron chi connectivity index (χ0n) is 10.3. The number of aromatic amines is 1. The number of H-pyrrole nitrogens is 1. The van der Waals surface area contributed by atoms with Crippen LogP contribution in [0.4, 0.5) is 14.5 Å². The summed E-state index contributed by atoms with van der Waals surface area (Å²) in [5.74, 6) is -4.98. The van der Waals surface area contributed by atoms with Gasteiger partial charge in [-0.15, -0.1) is 0 Å². The van der Waals surface area contributed by atoms with Gasteiger partial charge >= 0.3 is 5.97 Å². The SMILES string of the molecule is O=C(O)c1cc(NC(=O)c2ccc[nH]c2=O)c(F)cc1F. The van der Waals surface area contributed by atoms with Crippen molar-refractivity contribution in [3.63, 3.8) is 0 Å². The van der Waals surface area contributed by atoms with Gasteiger partial charge in [0, 0.05) is 12.3 Å². The summed E-state index contributed by atoms with van der Waals surface area (Å²) in [4.78, 5) is 36.2. The maximum absolute atomic E-state index is 13.5. The van der Waals surface area contributed by atoms with Crippen LogP contribution in [0.15, 0.2) is 35.3 Å². The van der Waals surface area contributed by atoms with E-state index in [1.165, 1.54) is 18.3 Å². The molecule has 0 fully saturated rings. The van der Waals surface area contributed by atoms with Gasteiger partial charge in [0.2, 0.25) is 0 Å². The minimum absolute atomic E-state index is 0.293. The van der Waals surface area contributed by atoms with E-state index in [2.05, 4.69) is 4.98 Å². The van der Waals surface area contributed by atoms with Crippen LogP contribution in [0.1, 0.15) is 20.7 Å². The minimum atomic E-state index is -1.61. The third-order valence-electron chi connectivity index (χ3n) is 2.60. The number of carboxylic acid groups (broad SMARTS) is 1. The van der Waals surface area contributed by atoms with E-state index in [9.17, 15) is 23.2 Å². The highest BCUT2D eigenvalue weighted by molar-refractivity contribution is 6.04. The summed E-state index contributed by atoms with van der Waals surface area (Å²) in [6.45, 7) is 0. The van der Waals surface area contributed by atoms with Crippen molar-refractivity contribution in [2.45, 2.75) is 0 Å². The Kier molecular flexibility index (Phi) is 3.79. The number of carbonyl (C=O) groups excluding carboxylic acids is 1. The Hall–Kier alpha value is -3.03. The molecule has 1 heterocycles. The highest BCUT2D eigenvalue weighted by atomic mass is 19.1. The Morgan fingerprint density at radius 2 is 1.86 bits per heavy atom. The van der Waals surface area contributed by atoms with Crippen LogP contribution in [-0.4, -0.2) is 22.0 Å². The second-order valence-corrected chi connectivity index (χ2v) is 3.98. The van der Waals surface area contributed by atoms with Crippen molar-refractivity contribution in [1.82, 2.24) is 4.98 Å². The lowest BCUT2D eigenvalue weighted by Crippen LogP contribution is -2.23. The van der Waals surface area contributed by atoms with E-state index in [0.29, 0.717) is 12.1 Å². The molecule has 0 saturated carbocycles. The monoisotopic (exact) mass is 294 g/mol. The van der Waals surface area contributed by atoms with Gasteiger partial charge in [-0.3, -0.25) is 9.59 Å². The van der Waals surface area contributed by atoms with E-state index < -0.39 is 40.3 Å². The lowest BCUT2D eigenvalue weighted by Gasteiger charge is -2.07. The first kappa shape index (κ1) is 14.4. The number of anilines is 1. The molecular weight excluding hydrogens is 286 g/mol. The molecule has 6 nitrogen and oxygen atoms in total. The summed E-state index contributed by atoms with van der Waals surface area (Å²) < 4.78 is 26.8. The molecule has 1 aromatic carbocycles. The van der Waals surface area contributed by atoms with Gasteiger partial charge in [0.15, 0.2) is 0 Å². The summed E-state index contributed by atoms with van der Waals surface area (Å²) in [6.07, 6.45) is 1.31. The predicted molar refractivity (Wildman–Crippen MR) is 68.3 cm³/mol. The molecule has 0 radical (unpaired) electrons. The number of amides is 1. The lowest BCUT2D eigenvalue weighted by molar-refractivity contribution is 0.0691. The molecule has 0 atom stereocenters. The van der Waals surface area contributed by atoms with E-state index in [0.717, 1.165) is 0 Å². The van der Waals surface area contributed by atoms with Crippen LogP contribution in [0.5, 0.6) is 0 Å². The number of nitrogens with one attached hydrogen (secondary N) is 2. The Morgan fingerprint density at radius 3 is 2.48 bits per heavy atom. The highest BCUT2D eigenvalue weighted by Crippen LogP contribution is 2.20. The van der Waals surface area contributed by atoms with Gasteiger partial charge in [-0.05, 0) is 18.2 Å². The van der Waals surface area contributed by atoms with Crippen molar-refractivity contribution in [2.24, 2.45) is 0 Å². The standard InChI is InChI=1S/C13H8F2N2O4/c14-8-5-9(15)10(4-7(8)13(20)21)17-12(19)6-2-1-3-16-11(6)18/h1-5H,(H,16,18)(H,17,19)(H,20,21). The fourth-order valence-electron chi connectivity index (χ4n) is 1.60. The van der Waals surface area contributed by atoms with Crippen molar-refractivity contribution in [1.29, 1.82) is 0 Å². The molecule has 0 aliphatic carbocycles. The molecule has 0 unspecified atom stereocenters. The second-order valence-electron chi connectivity index (χ2n) is 3.98. The number of pyridine rings is 1. The highest BCUT2D eigenvalue weighted by Gasteiger charge is 2.18. The maximum Gasteiger partial charge on any atom is 0.338 e. The smallest absolute Gasteiger partial charge is 0.338 e. The number of aromatic carboxylic acids is 1. The summed E-state index contributed by atoms with van der Waals surface area (Å²) in [5.41, 5.74) is -2.33. The molecule has 0 saturated heterocycles. The normalized spacial score (nSPS) is 10.2. The van der Waals surface area contributed by atoms with Gasteiger partial charge < -0.3 is 15.4 Å². The van der Waals surface area contributed by atoms with E-state index in [1.54, 1.807) is 0 Å². The molecule has 21 heavy (non-hydrogen) atoms. The Balaban J connectivity index is 2.38. The zero-order valence-corrected chi connectivity index (χ0v) is 10.3. The van der Waals surface area contributed by atoms with Crippen molar-refractivity contribution < 1.29 is 23.5 Å². The first-order valence-corrected chi connectivity index (χ1v) is 5.61. The van der Waals surface area contributed by atoms with E-state index in [-0.39, 0.29) is 5.56 Å². The molecule has 0 aliphatic rings. The van der Waals surface area contributed by atoms with Crippen LogP contribution >= 0.6 is 0 Å². The number of hydrogen-bond donors (Lipinski definition) is 3. The van der Waals surface area contributed by atoms with Crippen LogP contribution in [-0.2, 0) is 0 Å². The Labute approximate surface area is 116 Å². The average molecular weight is 294 g/mol. The van der Waals surface area contributed by atoms with E-state index >= 15 is 0 Å². The first-order valence-electron chi connectivity index (χ1n) is 5.61. The number of carboxylic acids is 1. The van der Waals surface area contributed by atoms with Gasteiger partial charge in [0.25, 0.3) is 11.5 Å². The van der Waals surface area contributed by atoms with Crippen molar-refractivity contribution >= 4 is 17.6 Å². The van der Waals surface area contributed by atoms with E-state index in [4.69, 9.17) is 5.11 Å². The predicted octanol–water partition coefficient (Wildman–Crippen LogP) is 1.60. The maximum atomic E-state index is 13.5. The van der Waals surface area contributed by atoms with Gasteiger partial charge in [-0.1, -0.05) is 0 Å². The van der Waals surface area contributed by atoms with Gasteiger partial charge in [-0.2, -0.15) is 0 Å². The number of halogens is 2. The Bertz CT molecular complexity index is 786. The van der Waals surface area contributed by atoms with Crippen LogP contribution in [0.2, 0.25) is 0 Å². The number of benzene rings is 1. The molecule has 0 spiro atoms. The topological polar surface area (TPSA) is 99.3 Å². The fourth-order valence-corrected chi connectivity index (χ4v) is 1.60. The zero-order chi connectivity index (χ0) is 15.6. The summed E-state index contributed by atoms with van der Waals surface area (Å²) in [6, 6.07) is 3.57. The third kappa shape index (κ3) is 2.94. The van der Waals surface area contributed by atoms with Gasteiger partial charge in [-0.25, -0.2) is 13.6 Å². The fraction of sp³-hybridized carbons (Fsp3) is 0. The first-order chi connectivity index (χ1) is 9.90. The van der Waals surface area contributed by atoms with Crippen LogP contribution < -0.4 is 10.9 Å². The van der Waals surface area contributed by atoms with E-state index in [1.807, 2.05) is 5.32 Å². The van der Waals surface area contributed by atoms with Crippen molar-refractivity contribution in [2.75, 3.05) is 5.32 Å². The Morgan fingerprint density at radius 1 is 1.14 bits per heavy atom. The molecule has 1 aromatic heterocycles. The van der Waals surface area contributed by atoms with Crippen LogP contribution in [0, 0.1) is 11.6 Å².